The molecule has 1 amide bonds. The van der Waals surface area contributed by atoms with Crippen LogP contribution in [0, 0.1) is 0 Å². The molecule has 0 aliphatic carbocycles. The molecule has 4 N–H and O–H groups in total. The molecule has 0 aromatic heterocycles. The summed E-state index contributed by atoms with van der Waals surface area (Å²) < 4.78 is 29.5. The van der Waals surface area contributed by atoms with Crippen molar-refractivity contribution in [3.8, 4) is 0 Å². The molecule has 8 heteroatoms. The third-order valence-corrected chi connectivity index (χ3v) is 4.85. The van der Waals surface area contributed by atoms with Gasteiger partial charge in [-0.3, -0.25) is 14.1 Å². The second-order valence-corrected chi connectivity index (χ2v) is 6.65. The molecule has 0 bridgehead atoms. The third-order valence-electron chi connectivity index (χ3n) is 3.31. The van der Waals surface area contributed by atoms with Crippen molar-refractivity contribution < 1.29 is 27.7 Å². The van der Waals surface area contributed by atoms with Gasteiger partial charge in [-0.05, 0) is 6.42 Å². The summed E-state index contributed by atoms with van der Waals surface area (Å²) in [6, 6.07) is 0. The van der Waals surface area contributed by atoms with Gasteiger partial charge in [-0.2, -0.15) is 8.42 Å². The van der Waals surface area contributed by atoms with E-state index in [1.807, 2.05) is 0 Å². The Morgan fingerprint density at radius 1 is 1.10 bits per heavy atom. The molecule has 0 aromatic carbocycles. The summed E-state index contributed by atoms with van der Waals surface area (Å²) in [6.45, 7) is 2.06. The summed E-state index contributed by atoms with van der Waals surface area (Å²) in [4.78, 5) is 22.1. The maximum atomic E-state index is 11.4. The van der Waals surface area contributed by atoms with Crippen LogP contribution in [0.15, 0.2) is 0 Å². The fourth-order valence-corrected chi connectivity index (χ4v) is 3.04. The molecule has 0 aliphatic rings. The topological polar surface area (TPSA) is 135 Å². The van der Waals surface area contributed by atoms with E-state index in [-0.39, 0.29) is 6.42 Å². The van der Waals surface area contributed by atoms with E-state index < -0.39 is 33.2 Å². The van der Waals surface area contributed by atoms with Gasteiger partial charge in [-0.1, -0.05) is 45.4 Å². The van der Waals surface area contributed by atoms with E-state index in [9.17, 15) is 22.6 Å². The average Bonchev–Trinajstić information content (AvgIpc) is 2.29. The summed E-state index contributed by atoms with van der Waals surface area (Å²) in [5.41, 5.74) is 5.03. The zero-order chi connectivity index (χ0) is 15.8. The number of carbonyl (C=O) groups is 2. The number of nitrogens with two attached hydrogens (primary N) is 1. The van der Waals surface area contributed by atoms with E-state index in [1.54, 1.807) is 0 Å². The number of carbonyl (C=O) groups excluding carboxylic acids is 1. The van der Waals surface area contributed by atoms with Crippen LogP contribution in [0.3, 0.4) is 0 Å². The van der Waals surface area contributed by atoms with E-state index in [0.717, 1.165) is 25.7 Å². The Morgan fingerprint density at radius 2 is 1.60 bits per heavy atom. The Balaban J connectivity index is 4.78. The molecule has 0 aromatic rings. The van der Waals surface area contributed by atoms with Crippen LogP contribution in [0.2, 0.25) is 0 Å². The van der Waals surface area contributed by atoms with Gasteiger partial charge in [0.25, 0.3) is 10.1 Å². The standard InChI is InChI=1S/C12H23NO6S/c1-2-3-4-5-6-7-8-12(11(13)16,9-10(14)15)20(17,18)19/h2-9H2,1H3,(H2,13,16)(H,14,15)(H,17,18,19). The summed E-state index contributed by atoms with van der Waals surface area (Å²) >= 11 is 0. The summed E-state index contributed by atoms with van der Waals surface area (Å²) in [7, 11) is -4.87. The van der Waals surface area contributed by atoms with Crippen molar-refractivity contribution in [1.82, 2.24) is 0 Å². The van der Waals surface area contributed by atoms with Crippen molar-refractivity contribution in [2.45, 2.75) is 63.0 Å². The van der Waals surface area contributed by atoms with Crippen LogP contribution in [0.5, 0.6) is 0 Å². The molecule has 0 saturated heterocycles. The van der Waals surface area contributed by atoms with Crippen LogP contribution in [0.4, 0.5) is 0 Å². The van der Waals surface area contributed by atoms with Crippen LogP contribution < -0.4 is 5.73 Å². The third kappa shape index (κ3) is 5.46. The fourth-order valence-electron chi connectivity index (χ4n) is 2.08. The lowest BCUT2D eigenvalue weighted by atomic mass is 9.95. The van der Waals surface area contributed by atoms with Crippen molar-refractivity contribution in [3.63, 3.8) is 0 Å². The average molecular weight is 309 g/mol. The molecule has 0 spiro atoms. The largest absolute Gasteiger partial charge is 0.481 e. The first-order valence-corrected chi connectivity index (χ1v) is 8.10. The minimum Gasteiger partial charge on any atom is -0.481 e. The van der Waals surface area contributed by atoms with Gasteiger partial charge in [0.15, 0.2) is 4.75 Å². The number of rotatable bonds is 11. The van der Waals surface area contributed by atoms with Crippen LogP contribution >= 0.6 is 0 Å². The van der Waals surface area contributed by atoms with E-state index in [4.69, 9.17) is 10.8 Å². The molecule has 118 valence electrons. The maximum absolute atomic E-state index is 11.4. The SMILES string of the molecule is CCCCCCCCC(CC(=O)O)(C(N)=O)S(=O)(=O)O. The van der Waals surface area contributed by atoms with Crippen molar-refractivity contribution in [2.24, 2.45) is 5.73 Å². The lowest BCUT2D eigenvalue weighted by Crippen LogP contribution is -2.51. The van der Waals surface area contributed by atoms with Crippen molar-refractivity contribution in [2.75, 3.05) is 0 Å². The smallest absolute Gasteiger partial charge is 0.305 e. The summed E-state index contributed by atoms with van der Waals surface area (Å²) in [6.07, 6.45) is 3.66. The van der Waals surface area contributed by atoms with Gasteiger partial charge in [0, 0.05) is 0 Å². The molecule has 0 radical (unpaired) electrons. The quantitative estimate of drug-likeness (QED) is 0.389. The van der Waals surface area contributed by atoms with Crippen LogP contribution in [-0.4, -0.2) is 34.7 Å². The second kappa shape index (κ2) is 8.21. The van der Waals surface area contributed by atoms with E-state index in [2.05, 4.69) is 6.92 Å². The molecule has 0 fully saturated rings. The normalized spacial score (nSPS) is 14.7. The number of hydrogen-bond donors (Lipinski definition) is 3. The Kier molecular flexibility index (Phi) is 7.74. The lowest BCUT2D eigenvalue weighted by Gasteiger charge is -2.25. The molecular weight excluding hydrogens is 286 g/mol. The lowest BCUT2D eigenvalue weighted by molar-refractivity contribution is -0.140. The number of aliphatic carboxylic acids is 1. The molecular formula is C12H23NO6S. The van der Waals surface area contributed by atoms with Gasteiger partial charge < -0.3 is 10.8 Å². The predicted molar refractivity (Wildman–Crippen MR) is 73.7 cm³/mol. The Morgan fingerprint density at radius 3 is 2.00 bits per heavy atom. The highest BCUT2D eigenvalue weighted by atomic mass is 32.2. The van der Waals surface area contributed by atoms with Gasteiger partial charge in [0.2, 0.25) is 5.91 Å². The number of hydrogen-bond acceptors (Lipinski definition) is 4. The summed E-state index contributed by atoms with van der Waals surface area (Å²) in [5, 5.41) is 8.75. The fraction of sp³-hybridized carbons (Fsp3) is 0.833. The number of amides is 1. The molecule has 0 aliphatic heterocycles. The molecule has 0 rings (SSSR count). The van der Waals surface area contributed by atoms with Crippen LogP contribution in [-0.2, 0) is 19.7 Å². The number of primary amides is 1. The van der Waals surface area contributed by atoms with Gasteiger partial charge in [0.1, 0.15) is 0 Å². The molecule has 20 heavy (non-hydrogen) atoms. The van der Waals surface area contributed by atoms with Gasteiger partial charge in [-0.15, -0.1) is 0 Å². The van der Waals surface area contributed by atoms with Crippen molar-refractivity contribution >= 4 is 22.0 Å². The highest BCUT2D eigenvalue weighted by molar-refractivity contribution is 7.88. The highest BCUT2D eigenvalue weighted by Gasteiger charge is 2.50. The zero-order valence-electron chi connectivity index (χ0n) is 11.7. The summed E-state index contributed by atoms with van der Waals surface area (Å²) in [5.74, 6) is -2.82. The first-order valence-electron chi connectivity index (χ1n) is 6.66. The molecule has 1 atom stereocenters. The minimum atomic E-state index is -4.87. The van der Waals surface area contributed by atoms with Gasteiger partial charge in [-0.25, -0.2) is 0 Å². The highest BCUT2D eigenvalue weighted by Crippen LogP contribution is 2.28. The molecule has 1 unspecified atom stereocenters. The number of unbranched alkanes of at least 4 members (excludes halogenated alkanes) is 5. The van der Waals surface area contributed by atoms with Crippen LogP contribution in [0.25, 0.3) is 0 Å². The minimum absolute atomic E-state index is 0.278. The maximum Gasteiger partial charge on any atom is 0.305 e. The Labute approximate surface area is 119 Å². The first-order chi connectivity index (χ1) is 9.17. The zero-order valence-corrected chi connectivity index (χ0v) is 12.5. The van der Waals surface area contributed by atoms with Crippen molar-refractivity contribution in [1.29, 1.82) is 0 Å². The number of carboxylic acids is 1. The Bertz CT molecular complexity index is 433. The molecule has 7 nitrogen and oxygen atoms in total. The van der Waals surface area contributed by atoms with Gasteiger partial charge in [0.05, 0.1) is 6.42 Å². The predicted octanol–water partition coefficient (Wildman–Crippen LogP) is 1.32. The Hall–Kier alpha value is -1.15. The van der Waals surface area contributed by atoms with E-state index in [0.29, 0.717) is 12.8 Å². The number of carboxylic acid groups (broad SMARTS) is 1. The van der Waals surface area contributed by atoms with E-state index >= 15 is 0 Å². The monoisotopic (exact) mass is 309 g/mol. The molecule has 0 saturated carbocycles. The van der Waals surface area contributed by atoms with Crippen LogP contribution in [0.1, 0.15) is 58.3 Å². The van der Waals surface area contributed by atoms with Crippen molar-refractivity contribution in [3.05, 3.63) is 0 Å². The van der Waals surface area contributed by atoms with Gasteiger partial charge >= 0.3 is 5.97 Å². The molecule has 0 heterocycles. The van der Waals surface area contributed by atoms with E-state index in [1.165, 1.54) is 0 Å². The second-order valence-electron chi connectivity index (χ2n) is 4.92. The first kappa shape index (κ1) is 18.9.